The van der Waals surface area contributed by atoms with Gasteiger partial charge in [-0.1, -0.05) is 28.1 Å². The summed E-state index contributed by atoms with van der Waals surface area (Å²) in [5.74, 6) is 1.75. The molecule has 1 amide bonds. The standard InChI is InChI=1S/C20H24BrNO4/c1-20(2,13-6-8-14(21)9-7-13)19(23)22-12-16-17(25-4)10-15(24-3)11-18(16)26-5/h6-11H,12H2,1-5H3,(H,22,23). The van der Waals surface area contributed by atoms with Gasteiger partial charge in [0.05, 0.1) is 38.9 Å². The highest BCUT2D eigenvalue weighted by Gasteiger charge is 2.30. The summed E-state index contributed by atoms with van der Waals surface area (Å²) < 4.78 is 17.1. The van der Waals surface area contributed by atoms with E-state index in [2.05, 4.69) is 21.2 Å². The predicted molar refractivity (Wildman–Crippen MR) is 105 cm³/mol. The van der Waals surface area contributed by atoms with E-state index in [1.54, 1.807) is 33.5 Å². The van der Waals surface area contributed by atoms with Crippen molar-refractivity contribution < 1.29 is 19.0 Å². The SMILES string of the molecule is COc1cc(OC)c(CNC(=O)C(C)(C)c2ccc(Br)cc2)c(OC)c1. The van der Waals surface area contributed by atoms with Gasteiger partial charge < -0.3 is 19.5 Å². The third-order valence-corrected chi connectivity index (χ3v) is 4.91. The largest absolute Gasteiger partial charge is 0.496 e. The summed E-state index contributed by atoms with van der Waals surface area (Å²) in [5, 5.41) is 2.99. The maximum atomic E-state index is 12.8. The molecule has 0 aliphatic rings. The van der Waals surface area contributed by atoms with Crippen molar-refractivity contribution in [2.45, 2.75) is 25.8 Å². The maximum absolute atomic E-state index is 12.8. The minimum Gasteiger partial charge on any atom is -0.496 e. The van der Waals surface area contributed by atoms with Crippen LogP contribution in [0.15, 0.2) is 40.9 Å². The van der Waals surface area contributed by atoms with Gasteiger partial charge in [0.1, 0.15) is 17.2 Å². The molecule has 0 fully saturated rings. The number of nitrogens with one attached hydrogen (secondary N) is 1. The van der Waals surface area contributed by atoms with Gasteiger partial charge in [0.25, 0.3) is 0 Å². The number of rotatable bonds is 7. The van der Waals surface area contributed by atoms with Gasteiger partial charge in [0.2, 0.25) is 5.91 Å². The van der Waals surface area contributed by atoms with E-state index in [1.165, 1.54) is 0 Å². The zero-order valence-corrected chi connectivity index (χ0v) is 17.3. The first-order valence-electron chi connectivity index (χ1n) is 8.16. The van der Waals surface area contributed by atoms with Crippen LogP contribution in [0, 0.1) is 0 Å². The summed E-state index contributed by atoms with van der Waals surface area (Å²) in [6.45, 7) is 4.08. The molecule has 5 nitrogen and oxygen atoms in total. The van der Waals surface area contributed by atoms with E-state index in [9.17, 15) is 4.79 Å². The third kappa shape index (κ3) is 4.30. The number of methoxy groups -OCH3 is 3. The molecule has 0 aliphatic carbocycles. The lowest BCUT2D eigenvalue weighted by Crippen LogP contribution is -2.39. The van der Waals surface area contributed by atoms with Crippen LogP contribution in [-0.4, -0.2) is 27.2 Å². The fourth-order valence-corrected chi connectivity index (χ4v) is 2.90. The van der Waals surface area contributed by atoms with Gasteiger partial charge in [0, 0.05) is 16.6 Å². The monoisotopic (exact) mass is 421 g/mol. The topological polar surface area (TPSA) is 56.8 Å². The number of ether oxygens (including phenoxy) is 3. The van der Waals surface area contributed by atoms with E-state index in [0.29, 0.717) is 17.2 Å². The zero-order chi connectivity index (χ0) is 19.3. The molecule has 26 heavy (non-hydrogen) atoms. The Labute approximate surface area is 162 Å². The van der Waals surface area contributed by atoms with Crippen molar-refractivity contribution in [1.82, 2.24) is 5.32 Å². The minimum atomic E-state index is -0.673. The average Bonchev–Trinajstić information content (AvgIpc) is 2.65. The second-order valence-electron chi connectivity index (χ2n) is 6.33. The molecule has 0 saturated heterocycles. The average molecular weight is 422 g/mol. The summed E-state index contributed by atoms with van der Waals surface area (Å²) in [4.78, 5) is 12.8. The van der Waals surface area contributed by atoms with Crippen molar-refractivity contribution in [3.63, 3.8) is 0 Å². The van der Waals surface area contributed by atoms with E-state index in [-0.39, 0.29) is 12.5 Å². The van der Waals surface area contributed by atoms with Crippen LogP contribution in [0.1, 0.15) is 25.0 Å². The lowest BCUT2D eigenvalue weighted by atomic mass is 9.83. The quantitative estimate of drug-likeness (QED) is 0.731. The van der Waals surface area contributed by atoms with Gasteiger partial charge >= 0.3 is 0 Å². The first-order chi connectivity index (χ1) is 12.3. The number of carbonyl (C=O) groups is 1. The lowest BCUT2D eigenvalue weighted by Gasteiger charge is -2.25. The van der Waals surface area contributed by atoms with Crippen LogP contribution in [0.25, 0.3) is 0 Å². The van der Waals surface area contributed by atoms with Gasteiger partial charge in [-0.2, -0.15) is 0 Å². The predicted octanol–water partition coefficient (Wildman–Crippen LogP) is 4.07. The summed E-state index contributed by atoms with van der Waals surface area (Å²) in [6.07, 6.45) is 0. The smallest absolute Gasteiger partial charge is 0.230 e. The number of benzene rings is 2. The van der Waals surface area contributed by atoms with Crippen molar-refractivity contribution in [2.75, 3.05) is 21.3 Å². The Morgan fingerprint density at radius 3 is 2.00 bits per heavy atom. The fourth-order valence-electron chi connectivity index (χ4n) is 2.64. The second kappa shape index (κ2) is 8.45. The van der Waals surface area contributed by atoms with E-state index in [4.69, 9.17) is 14.2 Å². The molecule has 2 rings (SSSR count). The van der Waals surface area contributed by atoms with Crippen LogP contribution in [0.2, 0.25) is 0 Å². The summed E-state index contributed by atoms with van der Waals surface area (Å²) in [6, 6.07) is 11.3. The molecule has 140 valence electrons. The van der Waals surface area contributed by atoms with Gasteiger partial charge in [-0.05, 0) is 31.5 Å². The Balaban J connectivity index is 2.22. The molecule has 1 N–H and O–H groups in total. The molecule has 0 heterocycles. The number of amides is 1. The highest BCUT2D eigenvalue weighted by molar-refractivity contribution is 9.10. The number of halogens is 1. The molecule has 0 atom stereocenters. The maximum Gasteiger partial charge on any atom is 0.230 e. The van der Waals surface area contributed by atoms with Crippen LogP contribution in [0.3, 0.4) is 0 Å². The molecule has 0 spiro atoms. The molecule has 2 aromatic carbocycles. The van der Waals surface area contributed by atoms with Gasteiger partial charge in [-0.15, -0.1) is 0 Å². The normalized spacial score (nSPS) is 11.0. The first-order valence-corrected chi connectivity index (χ1v) is 8.96. The fraction of sp³-hybridized carbons (Fsp3) is 0.350. The van der Waals surface area contributed by atoms with Gasteiger partial charge in [-0.3, -0.25) is 4.79 Å². The molecule has 0 bridgehead atoms. The molecule has 0 radical (unpaired) electrons. The molecule has 2 aromatic rings. The van der Waals surface area contributed by atoms with E-state index < -0.39 is 5.41 Å². The zero-order valence-electron chi connectivity index (χ0n) is 15.7. The number of hydrogen-bond acceptors (Lipinski definition) is 4. The Hall–Kier alpha value is -2.21. The van der Waals surface area contributed by atoms with Crippen LogP contribution < -0.4 is 19.5 Å². The third-order valence-electron chi connectivity index (χ3n) is 4.38. The molecule has 0 aliphatic heterocycles. The Bertz CT molecular complexity index is 747. The van der Waals surface area contributed by atoms with Crippen LogP contribution in [0.5, 0.6) is 17.2 Å². The van der Waals surface area contributed by atoms with E-state index in [1.807, 2.05) is 38.1 Å². The molecule has 0 saturated carbocycles. The molecule has 0 unspecified atom stereocenters. The Morgan fingerprint density at radius 1 is 1.00 bits per heavy atom. The van der Waals surface area contributed by atoms with Crippen molar-refractivity contribution >= 4 is 21.8 Å². The lowest BCUT2D eigenvalue weighted by molar-refractivity contribution is -0.125. The second-order valence-corrected chi connectivity index (χ2v) is 7.24. The molecular weight excluding hydrogens is 398 g/mol. The first kappa shape index (κ1) is 20.1. The van der Waals surface area contributed by atoms with E-state index >= 15 is 0 Å². The Morgan fingerprint density at radius 2 is 1.54 bits per heavy atom. The Kier molecular flexibility index (Phi) is 6.53. The minimum absolute atomic E-state index is 0.0836. The van der Waals surface area contributed by atoms with Crippen molar-refractivity contribution in [2.24, 2.45) is 0 Å². The van der Waals surface area contributed by atoms with Gasteiger partial charge in [0.15, 0.2) is 0 Å². The number of carbonyl (C=O) groups excluding carboxylic acids is 1. The molecule has 0 aromatic heterocycles. The molecular formula is C20H24BrNO4. The van der Waals surface area contributed by atoms with Crippen molar-refractivity contribution in [3.8, 4) is 17.2 Å². The van der Waals surface area contributed by atoms with Crippen molar-refractivity contribution in [1.29, 1.82) is 0 Å². The van der Waals surface area contributed by atoms with Crippen molar-refractivity contribution in [3.05, 3.63) is 52.0 Å². The van der Waals surface area contributed by atoms with Crippen LogP contribution in [-0.2, 0) is 16.8 Å². The van der Waals surface area contributed by atoms with Gasteiger partial charge in [-0.25, -0.2) is 0 Å². The summed E-state index contributed by atoms with van der Waals surface area (Å²) in [5.41, 5.74) is 1.02. The van der Waals surface area contributed by atoms with E-state index in [0.717, 1.165) is 15.6 Å². The number of hydrogen-bond donors (Lipinski definition) is 1. The van der Waals surface area contributed by atoms with Crippen LogP contribution >= 0.6 is 15.9 Å². The molecule has 6 heteroatoms. The van der Waals surface area contributed by atoms with Crippen LogP contribution in [0.4, 0.5) is 0 Å². The highest BCUT2D eigenvalue weighted by atomic mass is 79.9. The summed E-state index contributed by atoms with van der Waals surface area (Å²) >= 11 is 3.42. The summed E-state index contributed by atoms with van der Waals surface area (Å²) in [7, 11) is 4.73. The highest BCUT2D eigenvalue weighted by Crippen LogP contribution is 2.34.